The molecule has 2 aromatic rings. The number of fused-ring (bicyclic) bond motifs is 1. The minimum Gasteiger partial charge on any atom is -0.386 e. The summed E-state index contributed by atoms with van der Waals surface area (Å²) in [6, 6.07) is 9.34. The molecule has 1 aromatic heterocycles. The summed E-state index contributed by atoms with van der Waals surface area (Å²) in [4.78, 5) is 12.8. The molecule has 0 fully saturated rings. The highest BCUT2D eigenvalue weighted by Gasteiger charge is 2.27. The van der Waals surface area contributed by atoms with Crippen LogP contribution in [0.5, 0.6) is 0 Å². The van der Waals surface area contributed by atoms with Crippen molar-refractivity contribution >= 4 is 27.3 Å². The van der Waals surface area contributed by atoms with Gasteiger partial charge in [0, 0.05) is 16.1 Å². The Morgan fingerprint density at radius 2 is 2.05 bits per heavy atom. The number of carbonyl (C=O) groups is 1. The van der Waals surface area contributed by atoms with E-state index in [1.807, 2.05) is 51.1 Å². The highest BCUT2D eigenvalue weighted by molar-refractivity contribution is 7.19. The monoisotopic (exact) mass is 306 g/mol. The number of aliphatic hydroxyl groups is 1. The molecule has 0 spiro atoms. The van der Waals surface area contributed by atoms with Crippen molar-refractivity contribution in [1.82, 2.24) is 5.32 Å². The number of nitrogens with one attached hydrogen (secondary N) is 1. The first-order valence-corrected chi connectivity index (χ1v) is 7.80. The van der Waals surface area contributed by atoms with E-state index in [9.17, 15) is 9.90 Å². The van der Waals surface area contributed by atoms with Crippen molar-refractivity contribution in [3.63, 3.8) is 0 Å². The molecule has 4 N–H and O–H groups in total. The van der Waals surface area contributed by atoms with Crippen LogP contribution < -0.4 is 11.1 Å². The standard InChI is InChI=1S/C16H22N2O2S/c1-16(2,3)14(17)15(20)18-9-11(19)13-8-10-6-4-5-7-12(10)21-13/h4-8,11,14,19H,9,17H2,1-3H3,(H,18,20)/t11?,14-/m1/s1. The van der Waals surface area contributed by atoms with Gasteiger partial charge in [0.05, 0.1) is 6.04 Å². The maximum absolute atomic E-state index is 12.0. The van der Waals surface area contributed by atoms with Gasteiger partial charge in [-0.1, -0.05) is 39.0 Å². The van der Waals surface area contributed by atoms with E-state index in [1.165, 1.54) is 11.3 Å². The van der Waals surface area contributed by atoms with Gasteiger partial charge in [-0.2, -0.15) is 0 Å². The quantitative estimate of drug-likeness (QED) is 0.812. The summed E-state index contributed by atoms with van der Waals surface area (Å²) in [7, 11) is 0. The van der Waals surface area contributed by atoms with Crippen LogP contribution >= 0.6 is 11.3 Å². The Hall–Kier alpha value is -1.43. The van der Waals surface area contributed by atoms with E-state index in [4.69, 9.17) is 5.73 Å². The molecule has 2 atom stereocenters. The van der Waals surface area contributed by atoms with Crippen LogP contribution in [0.25, 0.3) is 10.1 Å². The second-order valence-electron chi connectivity index (χ2n) is 6.29. The van der Waals surface area contributed by atoms with Crippen molar-refractivity contribution in [3.05, 3.63) is 35.2 Å². The summed E-state index contributed by atoms with van der Waals surface area (Å²) < 4.78 is 1.13. The van der Waals surface area contributed by atoms with Crippen LogP contribution in [-0.4, -0.2) is 23.6 Å². The topological polar surface area (TPSA) is 75.4 Å². The van der Waals surface area contributed by atoms with E-state index in [2.05, 4.69) is 5.32 Å². The van der Waals surface area contributed by atoms with E-state index in [0.29, 0.717) is 0 Å². The number of hydrogen-bond acceptors (Lipinski definition) is 4. The maximum Gasteiger partial charge on any atom is 0.237 e. The molecule has 0 aliphatic heterocycles. The summed E-state index contributed by atoms with van der Waals surface area (Å²) in [6.45, 7) is 5.93. The van der Waals surface area contributed by atoms with Gasteiger partial charge in [-0.05, 0) is 22.9 Å². The normalized spacial score (nSPS) is 14.9. The molecule has 2 rings (SSSR count). The highest BCUT2D eigenvalue weighted by Crippen LogP contribution is 2.29. The molecule has 1 aromatic carbocycles. The van der Waals surface area contributed by atoms with Gasteiger partial charge in [-0.25, -0.2) is 0 Å². The van der Waals surface area contributed by atoms with Crippen LogP contribution in [0.15, 0.2) is 30.3 Å². The van der Waals surface area contributed by atoms with Gasteiger partial charge in [-0.15, -0.1) is 11.3 Å². The van der Waals surface area contributed by atoms with Gasteiger partial charge in [0.25, 0.3) is 0 Å². The number of aliphatic hydroxyl groups excluding tert-OH is 1. The van der Waals surface area contributed by atoms with E-state index in [-0.39, 0.29) is 17.9 Å². The lowest BCUT2D eigenvalue weighted by atomic mass is 9.87. The molecule has 4 nitrogen and oxygen atoms in total. The Bertz CT molecular complexity index is 597. The molecule has 0 aliphatic rings. The molecule has 114 valence electrons. The molecule has 1 amide bonds. The van der Waals surface area contributed by atoms with Gasteiger partial charge in [0.2, 0.25) is 5.91 Å². The third-order valence-corrected chi connectivity index (χ3v) is 4.68. The average molecular weight is 306 g/mol. The molecule has 0 saturated heterocycles. The van der Waals surface area contributed by atoms with E-state index in [1.54, 1.807) is 0 Å². The first-order chi connectivity index (χ1) is 9.79. The summed E-state index contributed by atoms with van der Waals surface area (Å²) in [5.74, 6) is -0.234. The first-order valence-electron chi connectivity index (χ1n) is 6.99. The second kappa shape index (κ2) is 6.13. The molecule has 5 heteroatoms. The molecule has 0 radical (unpaired) electrons. The molecule has 21 heavy (non-hydrogen) atoms. The van der Waals surface area contributed by atoms with Gasteiger partial charge in [0.1, 0.15) is 6.10 Å². The SMILES string of the molecule is CC(C)(C)[C@H](N)C(=O)NCC(O)c1cc2ccccc2s1. The highest BCUT2D eigenvalue weighted by atomic mass is 32.1. The second-order valence-corrected chi connectivity index (χ2v) is 7.41. The zero-order valence-electron chi connectivity index (χ0n) is 12.6. The zero-order chi connectivity index (χ0) is 15.6. The number of thiophene rings is 1. The number of carbonyl (C=O) groups excluding carboxylic acids is 1. The summed E-state index contributed by atoms with van der Waals surface area (Å²) in [5.41, 5.74) is 5.59. The van der Waals surface area contributed by atoms with Crippen LogP contribution in [0.3, 0.4) is 0 Å². The van der Waals surface area contributed by atoms with E-state index < -0.39 is 12.1 Å². The Balaban J connectivity index is 1.98. The Morgan fingerprint density at radius 1 is 1.38 bits per heavy atom. The van der Waals surface area contributed by atoms with Crippen molar-refractivity contribution in [2.45, 2.75) is 32.9 Å². The van der Waals surface area contributed by atoms with E-state index in [0.717, 1.165) is 15.0 Å². The lowest BCUT2D eigenvalue weighted by molar-refractivity contribution is -0.125. The fraction of sp³-hybridized carbons (Fsp3) is 0.438. The first kappa shape index (κ1) is 15.9. The summed E-state index contributed by atoms with van der Waals surface area (Å²) in [5, 5.41) is 14.0. The number of benzene rings is 1. The van der Waals surface area contributed by atoms with Gasteiger partial charge >= 0.3 is 0 Å². The molecule has 0 saturated carbocycles. The fourth-order valence-electron chi connectivity index (χ4n) is 1.97. The minimum atomic E-state index is -0.710. The van der Waals surface area contributed by atoms with Crippen molar-refractivity contribution in [1.29, 1.82) is 0 Å². The van der Waals surface area contributed by atoms with Crippen molar-refractivity contribution in [3.8, 4) is 0 Å². The number of rotatable bonds is 4. The van der Waals surface area contributed by atoms with Crippen LogP contribution in [0.2, 0.25) is 0 Å². The lowest BCUT2D eigenvalue weighted by Crippen LogP contribution is -2.49. The Labute approximate surface area is 129 Å². The van der Waals surface area contributed by atoms with Crippen LogP contribution in [0, 0.1) is 5.41 Å². The number of nitrogens with two attached hydrogens (primary N) is 1. The molecule has 0 aliphatic carbocycles. The predicted octanol–water partition coefficient (Wildman–Crippen LogP) is 2.42. The molecular weight excluding hydrogens is 284 g/mol. The molecule has 0 bridgehead atoms. The van der Waals surface area contributed by atoms with Crippen molar-refractivity contribution in [2.24, 2.45) is 11.1 Å². The summed E-state index contributed by atoms with van der Waals surface area (Å²) in [6.07, 6.45) is -0.710. The van der Waals surface area contributed by atoms with E-state index >= 15 is 0 Å². The Morgan fingerprint density at radius 3 is 2.67 bits per heavy atom. The Kier molecular flexibility index (Phi) is 4.66. The largest absolute Gasteiger partial charge is 0.386 e. The van der Waals surface area contributed by atoms with Crippen LogP contribution in [0.4, 0.5) is 0 Å². The molecule has 1 heterocycles. The van der Waals surface area contributed by atoms with Crippen molar-refractivity contribution < 1.29 is 9.90 Å². The summed E-state index contributed by atoms with van der Waals surface area (Å²) >= 11 is 1.54. The maximum atomic E-state index is 12.0. The van der Waals surface area contributed by atoms with Gasteiger partial charge in [0.15, 0.2) is 0 Å². The zero-order valence-corrected chi connectivity index (χ0v) is 13.4. The minimum absolute atomic E-state index is 0.176. The smallest absolute Gasteiger partial charge is 0.237 e. The number of amides is 1. The fourth-order valence-corrected chi connectivity index (χ4v) is 3.02. The molecular formula is C16H22N2O2S. The van der Waals surface area contributed by atoms with Gasteiger partial charge in [-0.3, -0.25) is 4.79 Å². The lowest BCUT2D eigenvalue weighted by Gasteiger charge is -2.26. The van der Waals surface area contributed by atoms with Gasteiger partial charge < -0.3 is 16.2 Å². The van der Waals surface area contributed by atoms with Crippen LogP contribution in [0.1, 0.15) is 31.8 Å². The average Bonchev–Trinajstić information content (AvgIpc) is 2.86. The molecule has 1 unspecified atom stereocenters. The third kappa shape index (κ3) is 3.81. The van der Waals surface area contributed by atoms with Crippen LogP contribution in [-0.2, 0) is 4.79 Å². The van der Waals surface area contributed by atoms with Crippen molar-refractivity contribution in [2.75, 3.05) is 6.54 Å². The number of hydrogen-bond donors (Lipinski definition) is 3. The predicted molar refractivity (Wildman–Crippen MR) is 87.2 cm³/mol. The third-order valence-electron chi connectivity index (χ3n) is 3.46.